The molecule has 0 aliphatic carbocycles. The van der Waals surface area contributed by atoms with Crippen LogP contribution in [0.25, 0.3) is 0 Å². The molecule has 0 spiro atoms. The lowest BCUT2D eigenvalue weighted by atomic mass is 10.1. The van der Waals surface area contributed by atoms with Gasteiger partial charge in [-0.15, -0.1) is 0 Å². The molecule has 1 saturated heterocycles. The highest BCUT2D eigenvalue weighted by molar-refractivity contribution is 7.89. The molecular formula is C23H28N2O8S. The van der Waals surface area contributed by atoms with E-state index in [1.54, 1.807) is 31.2 Å². The van der Waals surface area contributed by atoms with Crippen molar-refractivity contribution in [3.63, 3.8) is 0 Å². The van der Waals surface area contributed by atoms with Crippen molar-refractivity contribution in [3.8, 4) is 11.5 Å². The first-order chi connectivity index (χ1) is 16.3. The van der Waals surface area contributed by atoms with E-state index in [2.05, 4.69) is 5.32 Å². The monoisotopic (exact) mass is 492 g/mol. The highest BCUT2D eigenvalue weighted by Gasteiger charge is 2.27. The van der Waals surface area contributed by atoms with Gasteiger partial charge in [-0.3, -0.25) is 4.79 Å². The summed E-state index contributed by atoms with van der Waals surface area (Å²) in [6, 6.07) is 9.51. The number of rotatable bonds is 9. The molecule has 34 heavy (non-hydrogen) atoms. The maximum atomic E-state index is 12.9. The van der Waals surface area contributed by atoms with E-state index in [0.717, 1.165) is 5.56 Å². The smallest absolute Gasteiger partial charge is 0.338 e. The Morgan fingerprint density at radius 2 is 1.74 bits per heavy atom. The molecule has 0 aromatic heterocycles. The van der Waals surface area contributed by atoms with Crippen LogP contribution in [-0.2, 0) is 30.8 Å². The number of hydrogen-bond donors (Lipinski definition) is 1. The van der Waals surface area contributed by atoms with Gasteiger partial charge in [0, 0.05) is 19.6 Å². The molecule has 0 bridgehead atoms. The fourth-order valence-corrected chi connectivity index (χ4v) is 4.80. The van der Waals surface area contributed by atoms with Crippen LogP contribution in [0.4, 0.5) is 0 Å². The number of carbonyl (C=O) groups excluding carboxylic acids is 2. The van der Waals surface area contributed by atoms with Crippen LogP contribution in [0.3, 0.4) is 0 Å². The summed E-state index contributed by atoms with van der Waals surface area (Å²) in [5.74, 6) is -0.182. The van der Waals surface area contributed by atoms with Crippen LogP contribution in [-0.4, -0.2) is 71.7 Å². The van der Waals surface area contributed by atoms with E-state index in [9.17, 15) is 18.0 Å². The van der Waals surface area contributed by atoms with Gasteiger partial charge in [0.25, 0.3) is 5.91 Å². The number of nitrogens with zero attached hydrogens (tertiary/aromatic N) is 1. The Kier molecular flexibility index (Phi) is 8.48. The first-order valence-corrected chi connectivity index (χ1v) is 12.0. The Morgan fingerprint density at radius 3 is 2.41 bits per heavy atom. The van der Waals surface area contributed by atoms with Crippen molar-refractivity contribution in [1.82, 2.24) is 9.62 Å². The second kappa shape index (κ2) is 11.3. The molecule has 1 N–H and O–H groups in total. The number of methoxy groups -OCH3 is 2. The van der Waals surface area contributed by atoms with Crippen molar-refractivity contribution < 1.29 is 37.0 Å². The van der Waals surface area contributed by atoms with Gasteiger partial charge in [0.2, 0.25) is 10.0 Å². The zero-order valence-corrected chi connectivity index (χ0v) is 20.1. The Labute approximate surface area is 198 Å². The van der Waals surface area contributed by atoms with Crippen molar-refractivity contribution in [2.75, 3.05) is 47.1 Å². The molecule has 2 aromatic rings. The second-order valence-corrected chi connectivity index (χ2v) is 9.47. The summed E-state index contributed by atoms with van der Waals surface area (Å²) in [5.41, 5.74) is 1.40. The van der Waals surface area contributed by atoms with Crippen molar-refractivity contribution in [2.24, 2.45) is 0 Å². The Bertz CT molecular complexity index is 1140. The zero-order valence-electron chi connectivity index (χ0n) is 19.3. The quantitative estimate of drug-likeness (QED) is 0.523. The number of hydrogen-bond acceptors (Lipinski definition) is 8. The van der Waals surface area contributed by atoms with Gasteiger partial charge in [-0.2, -0.15) is 4.31 Å². The minimum Gasteiger partial charge on any atom is -0.493 e. The van der Waals surface area contributed by atoms with Crippen LogP contribution < -0.4 is 14.8 Å². The van der Waals surface area contributed by atoms with Crippen LogP contribution in [0.1, 0.15) is 21.5 Å². The van der Waals surface area contributed by atoms with Gasteiger partial charge in [0.15, 0.2) is 18.1 Å². The molecule has 2 aromatic carbocycles. The number of ether oxygens (including phenoxy) is 4. The highest BCUT2D eigenvalue weighted by atomic mass is 32.2. The maximum Gasteiger partial charge on any atom is 0.338 e. The molecular weight excluding hydrogens is 464 g/mol. The summed E-state index contributed by atoms with van der Waals surface area (Å²) >= 11 is 0. The minimum atomic E-state index is -3.77. The number of carbonyl (C=O) groups is 2. The second-order valence-electron chi connectivity index (χ2n) is 7.54. The van der Waals surface area contributed by atoms with Crippen LogP contribution in [0, 0.1) is 6.92 Å². The van der Waals surface area contributed by atoms with Crippen molar-refractivity contribution in [2.45, 2.75) is 18.4 Å². The fraction of sp³-hybridized carbons (Fsp3) is 0.391. The van der Waals surface area contributed by atoms with Crippen molar-refractivity contribution in [3.05, 3.63) is 53.1 Å². The predicted octanol–water partition coefficient (Wildman–Crippen LogP) is 1.51. The molecule has 1 aliphatic heterocycles. The molecule has 1 aliphatic rings. The third-order valence-corrected chi connectivity index (χ3v) is 7.20. The van der Waals surface area contributed by atoms with Crippen LogP contribution in [0.15, 0.2) is 41.3 Å². The van der Waals surface area contributed by atoms with Crippen molar-refractivity contribution in [1.29, 1.82) is 0 Å². The first kappa shape index (κ1) is 25.5. The molecule has 0 unspecified atom stereocenters. The largest absolute Gasteiger partial charge is 0.493 e. The van der Waals surface area contributed by atoms with Gasteiger partial charge < -0.3 is 24.3 Å². The fourth-order valence-electron chi connectivity index (χ4n) is 3.37. The van der Waals surface area contributed by atoms with E-state index in [1.165, 1.54) is 30.7 Å². The summed E-state index contributed by atoms with van der Waals surface area (Å²) in [6.45, 7) is 2.48. The highest BCUT2D eigenvalue weighted by Crippen LogP contribution is 2.27. The van der Waals surface area contributed by atoms with Gasteiger partial charge in [0.1, 0.15) is 0 Å². The molecule has 184 valence electrons. The van der Waals surface area contributed by atoms with Gasteiger partial charge in [-0.05, 0) is 42.3 Å². The molecule has 11 heteroatoms. The minimum absolute atomic E-state index is 0.00939. The molecule has 1 amide bonds. The SMILES string of the molecule is COc1ccc(CNC(=O)COC(=O)c2cc(S(=O)(=O)N3CCOCC3)ccc2C)cc1OC. The van der Waals surface area contributed by atoms with E-state index in [4.69, 9.17) is 18.9 Å². The Morgan fingerprint density at radius 1 is 1.03 bits per heavy atom. The van der Waals surface area contributed by atoms with Gasteiger partial charge >= 0.3 is 5.97 Å². The molecule has 1 fully saturated rings. The van der Waals surface area contributed by atoms with Crippen LogP contribution in [0.2, 0.25) is 0 Å². The normalized spacial score (nSPS) is 14.3. The van der Waals surface area contributed by atoms with Gasteiger partial charge in [-0.1, -0.05) is 12.1 Å². The van der Waals surface area contributed by atoms with E-state index in [0.29, 0.717) is 30.3 Å². The number of amides is 1. The van der Waals surface area contributed by atoms with E-state index >= 15 is 0 Å². The molecule has 0 saturated carbocycles. The van der Waals surface area contributed by atoms with Gasteiger partial charge in [-0.25, -0.2) is 13.2 Å². The number of nitrogens with one attached hydrogen (secondary N) is 1. The maximum absolute atomic E-state index is 12.9. The van der Waals surface area contributed by atoms with Crippen molar-refractivity contribution >= 4 is 21.9 Å². The average Bonchev–Trinajstić information content (AvgIpc) is 2.86. The van der Waals surface area contributed by atoms with Gasteiger partial charge in [0.05, 0.1) is 37.9 Å². The summed E-state index contributed by atoms with van der Waals surface area (Å²) in [4.78, 5) is 24.8. The standard InChI is InChI=1S/C23H28N2O8S/c1-16-4-6-18(34(28,29)25-8-10-32-11-9-25)13-19(16)23(27)33-15-22(26)24-14-17-5-7-20(30-2)21(12-17)31-3/h4-7,12-13H,8-11,14-15H2,1-3H3,(H,24,26). The summed E-state index contributed by atoms with van der Waals surface area (Å²) < 4.78 is 47.8. The average molecular weight is 493 g/mol. The summed E-state index contributed by atoms with van der Waals surface area (Å²) in [6.07, 6.45) is 0. The third kappa shape index (κ3) is 6.04. The first-order valence-electron chi connectivity index (χ1n) is 10.6. The molecule has 3 rings (SSSR count). The number of aryl methyl sites for hydroxylation is 1. The molecule has 10 nitrogen and oxygen atoms in total. The van der Waals surface area contributed by atoms with Crippen LogP contribution >= 0.6 is 0 Å². The lowest BCUT2D eigenvalue weighted by Gasteiger charge is -2.26. The van der Waals surface area contributed by atoms with Crippen LogP contribution in [0.5, 0.6) is 11.5 Å². The molecule has 0 radical (unpaired) electrons. The number of benzene rings is 2. The lowest BCUT2D eigenvalue weighted by molar-refractivity contribution is -0.124. The lowest BCUT2D eigenvalue weighted by Crippen LogP contribution is -2.40. The zero-order chi connectivity index (χ0) is 24.7. The summed E-state index contributed by atoms with van der Waals surface area (Å²) in [5, 5.41) is 2.66. The van der Waals surface area contributed by atoms with E-state index < -0.39 is 28.5 Å². The predicted molar refractivity (Wildman–Crippen MR) is 122 cm³/mol. The molecule has 1 heterocycles. The third-order valence-electron chi connectivity index (χ3n) is 5.31. The molecule has 0 atom stereocenters. The summed E-state index contributed by atoms with van der Waals surface area (Å²) in [7, 11) is -0.722. The Balaban J connectivity index is 1.60. The number of esters is 1. The number of sulfonamides is 1. The number of morpholine rings is 1. The van der Waals surface area contributed by atoms with E-state index in [1.807, 2.05) is 0 Å². The Hall–Kier alpha value is -3.15. The topological polar surface area (TPSA) is 120 Å². The van der Waals surface area contributed by atoms with E-state index in [-0.39, 0.29) is 30.1 Å².